The van der Waals surface area contributed by atoms with Gasteiger partial charge >= 0.3 is 6.09 Å². The first-order chi connectivity index (χ1) is 11.9. The van der Waals surface area contributed by atoms with Crippen molar-refractivity contribution >= 4 is 17.4 Å². The standard InChI is InChI=1S/C17H20FN3O3S/c1-17(2,3)24-16(22)21-7-12(6-18)10-23-14-8-19-15(20-9-14)13-4-5-25-11-13/h4-6,8-9,11H,7,10H2,1-3H3,(H,21,22)/b12-6+. The Morgan fingerprint density at radius 2 is 2.08 bits per heavy atom. The third-order valence-electron chi connectivity index (χ3n) is 2.84. The van der Waals surface area contributed by atoms with Crippen LogP contribution in [0.5, 0.6) is 5.75 Å². The quantitative estimate of drug-likeness (QED) is 0.839. The molecule has 2 aromatic rings. The van der Waals surface area contributed by atoms with E-state index in [-0.39, 0.29) is 18.7 Å². The average molecular weight is 365 g/mol. The van der Waals surface area contributed by atoms with E-state index in [1.54, 1.807) is 32.1 Å². The predicted molar refractivity (Wildman–Crippen MR) is 94.3 cm³/mol. The maximum atomic E-state index is 12.9. The monoisotopic (exact) mass is 365 g/mol. The molecule has 8 heteroatoms. The number of aromatic nitrogens is 2. The van der Waals surface area contributed by atoms with Crippen molar-refractivity contribution in [2.75, 3.05) is 13.2 Å². The summed E-state index contributed by atoms with van der Waals surface area (Å²) in [6.45, 7) is 5.21. The van der Waals surface area contributed by atoms with Gasteiger partial charge in [-0.25, -0.2) is 19.2 Å². The van der Waals surface area contributed by atoms with Crippen molar-refractivity contribution in [2.24, 2.45) is 0 Å². The first-order valence-corrected chi connectivity index (χ1v) is 8.54. The highest BCUT2D eigenvalue weighted by molar-refractivity contribution is 7.08. The first-order valence-electron chi connectivity index (χ1n) is 7.60. The lowest BCUT2D eigenvalue weighted by Gasteiger charge is -2.20. The molecule has 0 fully saturated rings. The number of nitrogens with one attached hydrogen (secondary N) is 1. The third-order valence-corrected chi connectivity index (χ3v) is 3.53. The summed E-state index contributed by atoms with van der Waals surface area (Å²) in [5.74, 6) is 1.01. The molecule has 6 nitrogen and oxygen atoms in total. The second-order valence-corrected chi connectivity index (χ2v) is 6.95. The van der Waals surface area contributed by atoms with Crippen LogP contribution < -0.4 is 10.1 Å². The van der Waals surface area contributed by atoms with Crippen molar-refractivity contribution in [2.45, 2.75) is 26.4 Å². The lowest BCUT2D eigenvalue weighted by atomic mass is 10.2. The molecule has 0 aromatic carbocycles. The molecule has 0 saturated carbocycles. The smallest absolute Gasteiger partial charge is 0.407 e. The Morgan fingerprint density at radius 1 is 1.36 bits per heavy atom. The number of alkyl carbamates (subject to hydrolysis) is 1. The number of halogens is 1. The van der Waals surface area contributed by atoms with Crippen LogP contribution in [0.2, 0.25) is 0 Å². The molecular weight excluding hydrogens is 345 g/mol. The Labute approximate surface area is 149 Å². The summed E-state index contributed by atoms with van der Waals surface area (Å²) in [4.78, 5) is 20.0. The zero-order valence-electron chi connectivity index (χ0n) is 14.3. The van der Waals surface area contributed by atoms with E-state index in [0.717, 1.165) is 5.56 Å². The minimum absolute atomic E-state index is 0.0146. The van der Waals surface area contributed by atoms with E-state index in [4.69, 9.17) is 9.47 Å². The molecule has 0 atom stereocenters. The van der Waals surface area contributed by atoms with Crippen molar-refractivity contribution in [3.63, 3.8) is 0 Å². The maximum Gasteiger partial charge on any atom is 0.407 e. The van der Waals surface area contributed by atoms with Gasteiger partial charge in [0.05, 0.1) is 18.7 Å². The number of ether oxygens (including phenoxy) is 2. The van der Waals surface area contributed by atoms with Crippen LogP contribution in [-0.4, -0.2) is 34.8 Å². The highest BCUT2D eigenvalue weighted by atomic mass is 32.1. The van der Waals surface area contributed by atoms with E-state index in [9.17, 15) is 9.18 Å². The fourth-order valence-electron chi connectivity index (χ4n) is 1.73. The van der Waals surface area contributed by atoms with Gasteiger partial charge in [-0.05, 0) is 32.2 Å². The summed E-state index contributed by atoms with van der Waals surface area (Å²) in [7, 11) is 0. The molecule has 2 rings (SSSR count). The Bertz CT molecular complexity index is 710. The summed E-state index contributed by atoms with van der Waals surface area (Å²) in [6.07, 6.45) is 2.84. The SMILES string of the molecule is CC(C)(C)OC(=O)NC/C(=C\F)COc1cnc(-c2ccsc2)nc1. The van der Waals surface area contributed by atoms with E-state index in [0.29, 0.717) is 17.9 Å². The van der Waals surface area contributed by atoms with Gasteiger partial charge in [0.25, 0.3) is 0 Å². The van der Waals surface area contributed by atoms with Gasteiger partial charge in [-0.3, -0.25) is 0 Å². The maximum absolute atomic E-state index is 12.9. The number of thiophene rings is 1. The summed E-state index contributed by atoms with van der Waals surface area (Å²) in [6, 6.07) is 1.92. The summed E-state index contributed by atoms with van der Waals surface area (Å²) < 4.78 is 23.5. The molecular formula is C17H20FN3O3S. The van der Waals surface area contributed by atoms with Crippen LogP contribution in [-0.2, 0) is 4.74 Å². The summed E-state index contributed by atoms with van der Waals surface area (Å²) in [5, 5.41) is 6.36. The van der Waals surface area contributed by atoms with Crippen LogP contribution in [0.1, 0.15) is 20.8 Å². The molecule has 0 aliphatic rings. The van der Waals surface area contributed by atoms with Crippen molar-refractivity contribution in [3.05, 3.63) is 41.1 Å². The lowest BCUT2D eigenvalue weighted by Crippen LogP contribution is -2.34. The van der Waals surface area contributed by atoms with Gasteiger partial charge in [0.15, 0.2) is 11.6 Å². The van der Waals surface area contributed by atoms with Crippen LogP contribution in [0.4, 0.5) is 9.18 Å². The highest BCUT2D eigenvalue weighted by Gasteiger charge is 2.16. The van der Waals surface area contributed by atoms with Crippen molar-refractivity contribution in [3.8, 4) is 17.1 Å². The highest BCUT2D eigenvalue weighted by Crippen LogP contribution is 2.19. The normalized spacial score (nSPS) is 11.9. The van der Waals surface area contributed by atoms with Crippen molar-refractivity contribution in [1.82, 2.24) is 15.3 Å². The molecule has 2 heterocycles. The third kappa shape index (κ3) is 6.50. The first kappa shape index (κ1) is 18.9. The van der Waals surface area contributed by atoms with Gasteiger partial charge in [-0.2, -0.15) is 11.3 Å². The number of hydrogen-bond acceptors (Lipinski definition) is 6. The Balaban J connectivity index is 1.81. The van der Waals surface area contributed by atoms with Crippen LogP contribution in [0, 0.1) is 0 Å². The van der Waals surface area contributed by atoms with Gasteiger partial charge < -0.3 is 14.8 Å². The van der Waals surface area contributed by atoms with Crippen LogP contribution in [0.25, 0.3) is 11.4 Å². The Hall–Kier alpha value is -2.48. The van der Waals surface area contributed by atoms with Crippen LogP contribution >= 0.6 is 11.3 Å². The molecule has 0 aliphatic heterocycles. The summed E-state index contributed by atoms with van der Waals surface area (Å²) >= 11 is 1.56. The second kappa shape index (κ2) is 8.57. The van der Waals surface area contributed by atoms with Crippen molar-refractivity contribution < 1.29 is 18.7 Å². The minimum Gasteiger partial charge on any atom is -0.486 e. The number of carbonyl (C=O) groups is 1. The largest absolute Gasteiger partial charge is 0.486 e. The molecule has 2 aromatic heterocycles. The molecule has 0 spiro atoms. The van der Waals surface area contributed by atoms with Gasteiger partial charge in [0, 0.05) is 23.1 Å². The fourth-order valence-corrected chi connectivity index (χ4v) is 2.36. The van der Waals surface area contributed by atoms with Gasteiger partial charge in [0.2, 0.25) is 0 Å². The number of carbonyl (C=O) groups excluding carboxylic acids is 1. The van der Waals surface area contributed by atoms with Crippen LogP contribution in [0.15, 0.2) is 41.1 Å². The average Bonchev–Trinajstić information content (AvgIpc) is 3.08. The van der Waals surface area contributed by atoms with E-state index < -0.39 is 11.7 Å². The molecule has 1 N–H and O–H groups in total. The molecule has 25 heavy (non-hydrogen) atoms. The molecule has 0 radical (unpaired) electrons. The van der Waals surface area contributed by atoms with E-state index in [2.05, 4.69) is 15.3 Å². The van der Waals surface area contributed by atoms with Gasteiger partial charge in [-0.1, -0.05) is 0 Å². The molecule has 0 bridgehead atoms. The lowest BCUT2D eigenvalue weighted by molar-refractivity contribution is 0.0531. The zero-order chi connectivity index (χ0) is 18.3. The second-order valence-electron chi connectivity index (χ2n) is 6.17. The molecule has 0 aliphatic carbocycles. The van der Waals surface area contributed by atoms with Gasteiger partial charge in [0.1, 0.15) is 12.2 Å². The topological polar surface area (TPSA) is 73.3 Å². The van der Waals surface area contributed by atoms with Gasteiger partial charge in [-0.15, -0.1) is 0 Å². The molecule has 0 unspecified atom stereocenters. The molecule has 1 amide bonds. The zero-order valence-corrected chi connectivity index (χ0v) is 15.1. The van der Waals surface area contributed by atoms with E-state index in [1.807, 2.05) is 16.8 Å². The van der Waals surface area contributed by atoms with Crippen LogP contribution in [0.3, 0.4) is 0 Å². The van der Waals surface area contributed by atoms with E-state index in [1.165, 1.54) is 12.4 Å². The number of rotatable bonds is 6. The Morgan fingerprint density at radius 3 is 2.64 bits per heavy atom. The number of amides is 1. The summed E-state index contributed by atoms with van der Waals surface area (Å²) in [5.41, 5.74) is 0.581. The fraction of sp³-hybridized carbons (Fsp3) is 0.353. The predicted octanol–water partition coefficient (Wildman–Crippen LogP) is 3.96. The van der Waals surface area contributed by atoms with Crippen molar-refractivity contribution in [1.29, 1.82) is 0 Å². The molecule has 134 valence electrons. The molecule has 0 saturated heterocycles. The Kier molecular flexibility index (Phi) is 6.46. The van der Waals surface area contributed by atoms with E-state index >= 15 is 0 Å². The number of nitrogens with zero attached hydrogens (tertiary/aromatic N) is 2. The minimum atomic E-state index is -0.615. The number of hydrogen-bond donors (Lipinski definition) is 1.